The molecule has 6 heteroatoms. The Kier molecular flexibility index (Phi) is 4.20. The maximum Gasteiger partial charge on any atom is 0.313 e. The normalized spacial score (nSPS) is 22.2. The predicted molar refractivity (Wildman–Crippen MR) is 94.4 cm³/mol. The molecule has 1 heterocycles. The van der Waals surface area contributed by atoms with E-state index >= 15 is 0 Å². The summed E-state index contributed by atoms with van der Waals surface area (Å²) >= 11 is 0. The van der Waals surface area contributed by atoms with Gasteiger partial charge in [-0.25, -0.2) is 9.07 Å². The van der Waals surface area contributed by atoms with Gasteiger partial charge in [-0.2, -0.15) is 5.10 Å². The van der Waals surface area contributed by atoms with E-state index in [1.165, 1.54) is 12.1 Å². The third-order valence-corrected chi connectivity index (χ3v) is 4.39. The lowest BCUT2D eigenvalue weighted by atomic mass is 9.82. The molecule has 1 aromatic carbocycles. The molecule has 2 atom stereocenters. The van der Waals surface area contributed by atoms with Crippen molar-refractivity contribution in [2.75, 3.05) is 5.32 Å². The van der Waals surface area contributed by atoms with Crippen LogP contribution in [0.4, 0.5) is 10.2 Å². The molecule has 2 unspecified atom stereocenters. The second-order valence-electron chi connectivity index (χ2n) is 6.48. The molecule has 0 radical (unpaired) electrons. The van der Waals surface area contributed by atoms with Gasteiger partial charge in [0.05, 0.1) is 16.9 Å². The molecular weight excluding hydrogens is 321 g/mol. The van der Waals surface area contributed by atoms with Crippen molar-refractivity contribution in [3.8, 4) is 5.69 Å². The van der Waals surface area contributed by atoms with E-state index in [0.717, 1.165) is 16.9 Å². The molecule has 0 bridgehead atoms. The van der Waals surface area contributed by atoms with Crippen LogP contribution >= 0.6 is 0 Å². The average Bonchev–Trinajstić information content (AvgIpc) is 2.87. The van der Waals surface area contributed by atoms with Crippen LogP contribution < -0.4 is 5.32 Å². The van der Waals surface area contributed by atoms with E-state index in [-0.39, 0.29) is 5.82 Å². The van der Waals surface area contributed by atoms with Crippen molar-refractivity contribution in [3.05, 3.63) is 65.6 Å². The van der Waals surface area contributed by atoms with Gasteiger partial charge < -0.3 is 10.4 Å². The van der Waals surface area contributed by atoms with Crippen molar-refractivity contribution in [1.29, 1.82) is 0 Å². The average molecular weight is 341 g/mol. The molecule has 1 aliphatic carbocycles. The molecular formula is C19H20FN3O2. The minimum absolute atomic E-state index is 0.308. The Morgan fingerprint density at radius 1 is 1.32 bits per heavy atom. The van der Waals surface area contributed by atoms with Gasteiger partial charge in [0.2, 0.25) is 0 Å². The largest absolute Gasteiger partial charge is 0.481 e. The highest BCUT2D eigenvalue weighted by atomic mass is 19.1. The molecule has 0 spiro atoms. The Morgan fingerprint density at radius 3 is 2.76 bits per heavy atom. The number of carboxylic acid groups (broad SMARTS) is 1. The second kappa shape index (κ2) is 6.20. The number of hydrogen-bond acceptors (Lipinski definition) is 3. The molecule has 0 saturated heterocycles. The van der Waals surface area contributed by atoms with E-state index in [1.807, 2.05) is 39.0 Å². The Labute approximate surface area is 145 Å². The van der Waals surface area contributed by atoms with Gasteiger partial charge >= 0.3 is 5.97 Å². The number of hydrogen-bond donors (Lipinski definition) is 2. The first-order chi connectivity index (χ1) is 11.8. The van der Waals surface area contributed by atoms with Gasteiger partial charge in [-0.1, -0.05) is 24.3 Å². The molecule has 0 amide bonds. The van der Waals surface area contributed by atoms with Crippen molar-refractivity contribution in [2.45, 2.75) is 26.3 Å². The number of rotatable bonds is 4. The Balaban J connectivity index is 2.03. The number of aromatic nitrogens is 2. The van der Waals surface area contributed by atoms with Crippen LogP contribution in [0.3, 0.4) is 0 Å². The zero-order valence-electron chi connectivity index (χ0n) is 14.3. The first kappa shape index (κ1) is 17.0. The Hall–Kier alpha value is -2.89. The molecule has 2 aromatic rings. The van der Waals surface area contributed by atoms with Crippen molar-refractivity contribution >= 4 is 11.8 Å². The number of benzene rings is 1. The molecule has 25 heavy (non-hydrogen) atoms. The minimum atomic E-state index is -0.906. The number of halogens is 1. The van der Waals surface area contributed by atoms with E-state index in [9.17, 15) is 14.3 Å². The number of nitrogens with one attached hydrogen (secondary N) is 1. The summed E-state index contributed by atoms with van der Waals surface area (Å²) in [5, 5.41) is 17.3. The third-order valence-electron chi connectivity index (χ3n) is 4.39. The number of aryl methyl sites for hydroxylation is 2. The summed E-state index contributed by atoms with van der Waals surface area (Å²) in [5.41, 5.74) is 1.45. The molecule has 0 aliphatic heterocycles. The van der Waals surface area contributed by atoms with E-state index in [2.05, 4.69) is 10.4 Å². The molecule has 1 aliphatic rings. The lowest BCUT2D eigenvalue weighted by molar-refractivity contribution is -0.141. The van der Waals surface area contributed by atoms with E-state index in [4.69, 9.17) is 0 Å². The van der Waals surface area contributed by atoms with Gasteiger partial charge in [0.25, 0.3) is 0 Å². The Morgan fingerprint density at radius 2 is 2.08 bits per heavy atom. The van der Waals surface area contributed by atoms with Crippen LogP contribution in [0, 0.1) is 25.6 Å². The summed E-state index contributed by atoms with van der Waals surface area (Å²) in [7, 11) is 0. The fourth-order valence-electron chi connectivity index (χ4n) is 3.10. The highest BCUT2D eigenvalue weighted by Gasteiger charge is 2.37. The first-order valence-electron chi connectivity index (χ1n) is 8.00. The van der Waals surface area contributed by atoms with Crippen LogP contribution in [-0.4, -0.2) is 26.4 Å². The zero-order valence-corrected chi connectivity index (χ0v) is 14.3. The van der Waals surface area contributed by atoms with Gasteiger partial charge in [0.15, 0.2) is 0 Å². The highest BCUT2D eigenvalue weighted by molar-refractivity contribution is 5.76. The smallest absolute Gasteiger partial charge is 0.313 e. The maximum absolute atomic E-state index is 13.4. The summed E-state index contributed by atoms with van der Waals surface area (Å²) < 4.78 is 15.1. The van der Waals surface area contributed by atoms with Crippen LogP contribution in [0.5, 0.6) is 0 Å². The van der Waals surface area contributed by atoms with Gasteiger partial charge in [-0.15, -0.1) is 0 Å². The standard InChI is InChI=1S/C19H20FN3O2/c1-12-10-14(20)7-8-16(12)23-17(11-13(2)22-23)21-19(3)9-5-4-6-15(19)18(24)25/h4-11,15,21H,1-3H3,(H,24,25). The first-order valence-corrected chi connectivity index (χ1v) is 8.00. The van der Waals surface area contributed by atoms with E-state index in [1.54, 1.807) is 22.9 Å². The fraction of sp³-hybridized carbons (Fsp3) is 0.263. The fourth-order valence-corrected chi connectivity index (χ4v) is 3.10. The molecule has 5 nitrogen and oxygen atoms in total. The summed E-state index contributed by atoms with van der Waals surface area (Å²) in [5.74, 6) is -1.27. The maximum atomic E-state index is 13.4. The van der Waals surface area contributed by atoms with Crippen LogP contribution in [0.25, 0.3) is 5.69 Å². The van der Waals surface area contributed by atoms with Gasteiger partial charge in [0.1, 0.15) is 17.6 Å². The lowest BCUT2D eigenvalue weighted by Gasteiger charge is -2.34. The minimum Gasteiger partial charge on any atom is -0.481 e. The third kappa shape index (κ3) is 3.20. The summed E-state index contributed by atoms with van der Waals surface area (Å²) in [4.78, 5) is 11.6. The summed E-state index contributed by atoms with van der Waals surface area (Å²) in [6.45, 7) is 5.49. The molecule has 2 N–H and O–H groups in total. The van der Waals surface area contributed by atoms with Gasteiger partial charge in [-0.3, -0.25) is 4.79 Å². The molecule has 130 valence electrons. The van der Waals surface area contributed by atoms with Crippen LogP contribution in [0.2, 0.25) is 0 Å². The van der Waals surface area contributed by atoms with Crippen LogP contribution in [0.1, 0.15) is 18.2 Å². The SMILES string of the molecule is Cc1cc(NC2(C)C=CC=CC2C(=O)O)n(-c2ccc(F)cc2C)n1. The number of nitrogens with zero attached hydrogens (tertiary/aromatic N) is 2. The van der Waals surface area contributed by atoms with Crippen LogP contribution in [-0.2, 0) is 4.79 Å². The lowest BCUT2D eigenvalue weighted by Crippen LogP contribution is -2.45. The summed E-state index contributed by atoms with van der Waals surface area (Å²) in [6, 6.07) is 6.34. The number of carboxylic acids is 1. The zero-order chi connectivity index (χ0) is 18.2. The summed E-state index contributed by atoms with van der Waals surface area (Å²) in [6.07, 6.45) is 7.04. The molecule has 0 fully saturated rings. The molecule has 0 saturated carbocycles. The van der Waals surface area contributed by atoms with E-state index < -0.39 is 17.4 Å². The highest BCUT2D eigenvalue weighted by Crippen LogP contribution is 2.31. The van der Waals surface area contributed by atoms with Gasteiger partial charge in [-0.05, 0) is 44.5 Å². The van der Waals surface area contributed by atoms with Crippen molar-refractivity contribution < 1.29 is 14.3 Å². The number of anilines is 1. The number of carbonyl (C=O) groups is 1. The number of allylic oxidation sites excluding steroid dienone is 2. The van der Waals surface area contributed by atoms with E-state index in [0.29, 0.717) is 5.82 Å². The predicted octanol–water partition coefficient (Wildman–Crippen LogP) is 3.63. The molecule has 3 rings (SSSR count). The Bertz CT molecular complexity index is 885. The van der Waals surface area contributed by atoms with Gasteiger partial charge in [0, 0.05) is 6.07 Å². The second-order valence-corrected chi connectivity index (χ2v) is 6.48. The van der Waals surface area contributed by atoms with Crippen molar-refractivity contribution in [1.82, 2.24) is 9.78 Å². The monoisotopic (exact) mass is 341 g/mol. The number of aliphatic carboxylic acids is 1. The van der Waals surface area contributed by atoms with Crippen molar-refractivity contribution in [2.24, 2.45) is 5.92 Å². The van der Waals surface area contributed by atoms with Crippen molar-refractivity contribution in [3.63, 3.8) is 0 Å². The topological polar surface area (TPSA) is 67.2 Å². The van der Waals surface area contributed by atoms with Crippen LogP contribution in [0.15, 0.2) is 48.6 Å². The molecule has 1 aromatic heterocycles. The quantitative estimate of drug-likeness (QED) is 0.891.